The Bertz CT molecular complexity index is 1020. The highest BCUT2D eigenvalue weighted by Crippen LogP contribution is 2.31. The van der Waals surface area contributed by atoms with Crippen molar-refractivity contribution in [2.45, 2.75) is 40.3 Å². The lowest BCUT2D eigenvalue weighted by Crippen LogP contribution is -2.26. The van der Waals surface area contributed by atoms with Crippen LogP contribution in [0, 0.1) is 5.92 Å². The fraction of sp³-hybridized carbons (Fsp3) is 0.381. The smallest absolute Gasteiger partial charge is 0.326 e. The summed E-state index contributed by atoms with van der Waals surface area (Å²) in [6, 6.07) is 7.62. The number of fused-ring (bicyclic) bond motifs is 1. The van der Waals surface area contributed by atoms with Crippen molar-refractivity contribution < 1.29 is 14.3 Å². The third-order valence-corrected chi connectivity index (χ3v) is 4.86. The number of esters is 1. The second-order valence-electron chi connectivity index (χ2n) is 7.27. The Morgan fingerprint density at radius 2 is 1.89 bits per heavy atom. The minimum atomic E-state index is -0.441. The Morgan fingerprint density at radius 3 is 2.54 bits per heavy atom. The summed E-state index contributed by atoms with van der Waals surface area (Å²) in [6.45, 7) is 8.05. The van der Waals surface area contributed by atoms with Gasteiger partial charge in [-0.15, -0.1) is 11.3 Å². The van der Waals surface area contributed by atoms with E-state index in [1.165, 1.54) is 22.2 Å². The van der Waals surface area contributed by atoms with Gasteiger partial charge >= 0.3 is 5.97 Å². The lowest BCUT2D eigenvalue weighted by molar-refractivity contribution is -0.145. The molecule has 0 aliphatic carbocycles. The summed E-state index contributed by atoms with van der Waals surface area (Å²) >= 11 is 1.41. The predicted octanol–water partition coefficient (Wildman–Crippen LogP) is 4.11. The lowest BCUT2D eigenvalue weighted by Gasteiger charge is -2.10. The van der Waals surface area contributed by atoms with Crippen molar-refractivity contribution in [3.63, 3.8) is 0 Å². The molecule has 0 amide bonds. The van der Waals surface area contributed by atoms with E-state index in [0.717, 1.165) is 16.9 Å². The van der Waals surface area contributed by atoms with Crippen LogP contribution in [0.4, 0.5) is 0 Å². The summed E-state index contributed by atoms with van der Waals surface area (Å²) in [5.41, 5.74) is 1.46. The Hall–Kier alpha value is -2.67. The largest absolute Gasteiger partial charge is 0.491 e. The normalized spacial score (nSPS) is 11.4. The molecule has 0 atom stereocenters. The lowest BCUT2D eigenvalue weighted by atomic mass is 10.1. The summed E-state index contributed by atoms with van der Waals surface area (Å²) in [7, 11) is 0. The number of carbonyl (C=O) groups excluding carboxylic acids is 1. The standard InChI is InChI=1S/C21H24N2O4S/c1-13(2)10-26-18(24)9-23-12-22-20-19(21(23)25)17(11-28-20)15-5-7-16(8-6-15)27-14(3)4/h5-8,11-14H,9-10H2,1-4H3. The minimum absolute atomic E-state index is 0.0969. The van der Waals surface area contributed by atoms with Gasteiger partial charge < -0.3 is 9.47 Å². The Balaban J connectivity index is 1.90. The van der Waals surface area contributed by atoms with E-state index in [2.05, 4.69) is 4.98 Å². The molecule has 6 nitrogen and oxygen atoms in total. The highest BCUT2D eigenvalue weighted by Gasteiger charge is 2.15. The van der Waals surface area contributed by atoms with Crippen LogP contribution in [0.1, 0.15) is 27.7 Å². The number of hydrogen-bond donors (Lipinski definition) is 0. The summed E-state index contributed by atoms with van der Waals surface area (Å²) < 4.78 is 12.2. The maximum atomic E-state index is 13.0. The molecule has 0 saturated heterocycles. The topological polar surface area (TPSA) is 70.4 Å². The number of thiophene rings is 1. The van der Waals surface area contributed by atoms with Crippen molar-refractivity contribution in [3.05, 3.63) is 46.3 Å². The Morgan fingerprint density at radius 1 is 1.18 bits per heavy atom. The molecular weight excluding hydrogens is 376 g/mol. The quantitative estimate of drug-likeness (QED) is 0.558. The van der Waals surface area contributed by atoms with E-state index in [1.807, 2.05) is 57.3 Å². The van der Waals surface area contributed by atoms with Crippen LogP contribution in [0.2, 0.25) is 0 Å². The summed E-state index contributed by atoms with van der Waals surface area (Å²) in [5.74, 6) is 0.582. The second kappa shape index (κ2) is 8.56. The molecule has 0 radical (unpaired) electrons. The molecule has 0 saturated carbocycles. The van der Waals surface area contributed by atoms with Crippen LogP contribution in [0.25, 0.3) is 21.3 Å². The van der Waals surface area contributed by atoms with E-state index in [-0.39, 0.29) is 24.1 Å². The Kier molecular flexibility index (Phi) is 6.14. The van der Waals surface area contributed by atoms with E-state index in [1.54, 1.807) is 0 Å². The molecule has 0 bridgehead atoms. The maximum absolute atomic E-state index is 13.0. The van der Waals surface area contributed by atoms with Crippen molar-refractivity contribution in [1.82, 2.24) is 9.55 Å². The molecule has 148 valence electrons. The molecule has 0 fully saturated rings. The number of rotatable bonds is 7. The zero-order chi connectivity index (χ0) is 20.3. The van der Waals surface area contributed by atoms with Gasteiger partial charge in [0.25, 0.3) is 5.56 Å². The molecule has 28 heavy (non-hydrogen) atoms. The van der Waals surface area contributed by atoms with Gasteiger partial charge in [-0.1, -0.05) is 26.0 Å². The number of ether oxygens (including phenoxy) is 2. The predicted molar refractivity (Wildman–Crippen MR) is 111 cm³/mol. The molecule has 0 aliphatic heterocycles. The molecular formula is C21H24N2O4S. The van der Waals surface area contributed by atoms with Gasteiger partial charge in [-0.2, -0.15) is 0 Å². The van der Waals surface area contributed by atoms with Crippen LogP contribution in [0.5, 0.6) is 5.75 Å². The van der Waals surface area contributed by atoms with Gasteiger partial charge in [0, 0.05) is 10.9 Å². The zero-order valence-electron chi connectivity index (χ0n) is 16.5. The third kappa shape index (κ3) is 4.59. The first-order valence-corrected chi connectivity index (χ1v) is 10.1. The molecule has 2 heterocycles. The van der Waals surface area contributed by atoms with Crippen LogP contribution in [-0.2, 0) is 16.1 Å². The van der Waals surface area contributed by atoms with Crippen LogP contribution < -0.4 is 10.3 Å². The summed E-state index contributed by atoms with van der Waals surface area (Å²) in [4.78, 5) is 30.0. The molecule has 0 N–H and O–H groups in total. The monoisotopic (exact) mass is 400 g/mol. The van der Waals surface area contributed by atoms with Gasteiger partial charge in [0.05, 0.1) is 24.4 Å². The van der Waals surface area contributed by atoms with Gasteiger partial charge in [-0.05, 0) is 37.5 Å². The fourth-order valence-corrected chi connectivity index (χ4v) is 3.63. The van der Waals surface area contributed by atoms with Crippen LogP contribution in [-0.4, -0.2) is 28.2 Å². The van der Waals surface area contributed by atoms with Gasteiger partial charge in [0.1, 0.15) is 17.1 Å². The molecule has 0 unspecified atom stereocenters. The zero-order valence-corrected chi connectivity index (χ0v) is 17.3. The van der Waals surface area contributed by atoms with Crippen LogP contribution >= 0.6 is 11.3 Å². The van der Waals surface area contributed by atoms with E-state index in [0.29, 0.717) is 16.8 Å². The molecule has 0 aliphatic rings. The number of nitrogens with zero attached hydrogens (tertiary/aromatic N) is 2. The highest BCUT2D eigenvalue weighted by atomic mass is 32.1. The van der Waals surface area contributed by atoms with Crippen molar-refractivity contribution in [2.24, 2.45) is 5.92 Å². The fourth-order valence-electron chi connectivity index (χ4n) is 2.72. The summed E-state index contributed by atoms with van der Waals surface area (Å²) in [6.07, 6.45) is 1.50. The van der Waals surface area contributed by atoms with Crippen molar-refractivity contribution in [1.29, 1.82) is 0 Å². The van der Waals surface area contributed by atoms with Gasteiger partial charge in [0.2, 0.25) is 0 Å². The second-order valence-corrected chi connectivity index (χ2v) is 8.13. The van der Waals surface area contributed by atoms with Crippen LogP contribution in [0.3, 0.4) is 0 Å². The summed E-state index contributed by atoms with van der Waals surface area (Å²) in [5, 5.41) is 2.43. The van der Waals surface area contributed by atoms with Crippen LogP contribution in [0.15, 0.2) is 40.8 Å². The maximum Gasteiger partial charge on any atom is 0.326 e. The number of hydrogen-bond acceptors (Lipinski definition) is 6. The average Bonchev–Trinajstić information content (AvgIpc) is 3.07. The Labute approximate surface area is 167 Å². The number of carbonyl (C=O) groups is 1. The number of aromatic nitrogens is 2. The van der Waals surface area contributed by atoms with Gasteiger partial charge in [0.15, 0.2) is 0 Å². The first-order chi connectivity index (χ1) is 13.3. The minimum Gasteiger partial charge on any atom is -0.491 e. The van der Waals surface area contributed by atoms with Crippen molar-refractivity contribution in [3.8, 4) is 16.9 Å². The third-order valence-electron chi connectivity index (χ3n) is 3.97. The first kappa shape index (κ1) is 20.1. The average molecular weight is 401 g/mol. The van der Waals surface area contributed by atoms with E-state index >= 15 is 0 Å². The van der Waals surface area contributed by atoms with E-state index in [9.17, 15) is 9.59 Å². The highest BCUT2D eigenvalue weighted by molar-refractivity contribution is 7.17. The molecule has 7 heteroatoms. The van der Waals surface area contributed by atoms with E-state index in [4.69, 9.17) is 9.47 Å². The molecule has 3 rings (SSSR count). The molecule has 3 aromatic rings. The molecule has 2 aromatic heterocycles. The van der Waals surface area contributed by atoms with E-state index < -0.39 is 5.97 Å². The van der Waals surface area contributed by atoms with Crippen molar-refractivity contribution in [2.75, 3.05) is 6.61 Å². The van der Waals surface area contributed by atoms with Gasteiger partial charge in [-0.3, -0.25) is 14.2 Å². The first-order valence-electron chi connectivity index (χ1n) is 9.24. The number of benzene rings is 1. The molecule has 1 aromatic carbocycles. The SMILES string of the molecule is CC(C)COC(=O)Cn1cnc2scc(-c3ccc(OC(C)C)cc3)c2c1=O. The van der Waals surface area contributed by atoms with Crippen molar-refractivity contribution >= 4 is 27.5 Å². The molecule has 0 spiro atoms. The van der Waals surface area contributed by atoms with Gasteiger partial charge in [-0.25, -0.2) is 4.98 Å².